The third-order valence-corrected chi connectivity index (χ3v) is 7.05. The number of hydrogen-bond acceptors (Lipinski definition) is 4. The lowest BCUT2D eigenvalue weighted by molar-refractivity contribution is -0.124. The smallest absolute Gasteiger partial charge is 0.252 e. The average molecular weight is 424 g/mol. The molecule has 0 saturated carbocycles. The van der Waals surface area contributed by atoms with Gasteiger partial charge in [0.2, 0.25) is 15.9 Å². The van der Waals surface area contributed by atoms with Crippen molar-refractivity contribution in [2.75, 3.05) is 6.54 Å². The van der Waals surface area contributed by atoms with Gasteiger partial charge in [-0.25, -0.2) is 8.42 Å². The summed E-state index contributed by atoms with van der Waals surface area (Å²) in [6, 6.07) is 3.78. The van der Waals surface area contributed by atoms with E-state index in [2.05, 4.69) is 10.6 Å². The highest BCUT2D eigenvalue weighted by Crippen LogP contribution is 2.26. The van der Waals surface area contributed by atoms with Gasteiger partial charge in [0.05, 0.1) is 4.90 Å². The largest absolute Gasteiger partial charge is 0.350 e. The van der Waals surface area contributed by atoms with E-state index in [1.807, 2.05) is 27.7 Å². The van der Waals surface area contributed by atoms with Crippen molar-refractivity contribution in [3.05, 3.63) is 29.3 Å². The maximum absolute atomic E-state index is 13.1. The van der Waals surface area contributed by atoms with Gasteiger partial charge >= 0.3 is 0 Å². The molecule has 162 valence electrons. The van der Waals surface area contributed by atoms with Crippen LogP contribution in [0.4, 0.5) is 0 Å². The summed E-state index contributed by atoms with van der Waals surface area (Å²) in [5.74, 6) is -0.766. The lowest BCUT2D eigenvalue weighted by Gasteiger charge is -2.32. The molecule has 2 N–H and O–H groups in total. The lowest BCUT2D eigenvalue weighted by atomic mass is 10.1. The van der Waals surface area contributed by atoms with Crippen LogP contribution >= 0.6 is 0 Å². The summed E-state index contributed by atoms with van der Waals surface area (Å²) in [4.78, 5) is 25.1. The molecule has 2 atom stereocenters. The fraction of sp³-hybridized carbons (Fsp3) is 0.619. The van der Waals surface area contributed by atoms with Gasteiger partial charge in [0.25, 0.3) is 5.91 Å². The molecular formula is C21H33N3O4S. The number of rotatable bonds is 5. The maximum Gasteiger partial charge on any atom is 0.252 e. The van der Waals surface area contributed by atoms with Crippen molar-refractivity contribution in [3.8, 4) is 0 Å². The highest BCUT2D eigenvalue weighted by Gasteiger charge is 2.32. The van der Waals surface area contributed by atoms with E-state index in [1.165, 1.54) is 10.4 Å². The summed E-state index contributed by atoms with van der Waals surface area (Å²) in [6.07, 6.45) is 2.69. The SMILES string of the molecule is Cc1ccc(S(=O)(=O)N2CCCCC2C)cc1C(=O)NC(C)C(=O)NC(C)(C)C. The van der Waals surface area contributed by atoms with Crippen molar-refractivity contribution < 1.29 is 18.0 Å². The molecule has 1 saturated heterocycles. The van der Waals surface area contributed by atoms with Crippen LogP contribution < -0.4 is 10.6 Å². The molecule has 1 aliphatic rings. The summed E-state index contributed by atoms with van der Waals surface area (Å²) >= 11 is 0. The van der Waals surface area contributed by atoms with Crippen molar-refractivity contribution in [1.82, 2.24) is 14.9 Å². The highest BCUT2D eigenvalue weighted by molar-refractivity contribution is 7.89. The number of amides is 2. The van der Waals surface area contributed by atoms with Crippen molar-refractivity contribution in [1.29, 1.82) is 0 Å². The zero-order chi connectivity index (χ0) is 22.0. The Labute approximate surface area is 174 Å². The Bertz CT molecular complexity index is 874. The van der Waals surface area contributed by atoms with E-state index in [0.717, 1.165) is 19.3 Å². The zero-order valence-corrected chi connectivity index (χ0v) is 19.0. The Kier molecular flexibility index (Phi) is 7.11. The van der Waals surface area contributed by atoms with Crippen LogP contribution in [0.2, 0.25) is 0 Å². The monoisotopic (exact) mass is 423 g/mol. The standard InChI is InChI=1S/C21H33N3O4S/c1-14-10-11-17(29(27,28)24-12-8-7-9-15(24)2)13-18(14)20(26)22-16(3)19(25)23-21(4,5)6/h10-11,13,15-16H,7-9,12H2,1-6H3,(H,22,26)(H,23,25). The number of piperidine rings is 1. The quantitative estimate of drug-likeness (QED) is 0.761. The normalized spacial score (nSPS) is 19.4. The molecule has 0 radical (unpaired) electrons. The van der Waals surface area contributed by atoms with Crippen molar-refractivity contribution >= 4 is 21.8 Å². The molecule has 8 heteroatoms. The molecule has 0 spiro atoms. The van der Waals surface area contributed by atoms with Crippen LogP contribution in [0.15, 0.2) is 23.1 Å². The van der Waals surface area contributed by atoms with E-state index in [-0.39, 0.29) is 22.4 Å². The first-order valence-corrected chi connectivity index (χ1v) is 11.5. The van der Waals surface area contributed by atoms with Crippen LogP contribution in [-0.2, 0) is 14.8 Å². The first-order valence-electron chi connectivity index (χ1n) is 10.1. The summed E-state index contributed by atoms with van der Waals surface area (Å²) in [7, 11) is -3.68. The van der Waals surface area contributed by atoms with Crippen LogP contribution in [0.1, 0.15) is 69.8 Å². The van der Waals surface area contributed by atoms with Gasteiger partial charge in [0.1, 0.15) is 6.04 Å². The van der Waals surface area contributed by atoms with E-state index in [9.17, 15) is 18.0 Å². The van der Waals surface area contributed by atoms with Crippen LogP contribution in [0.3, 0.4) is 0 Å². The molecule has 0 bridgehead atoms. The fourth-order valence-corrected chi connectivity index (χ4v) is 5.11. The van der Waals surface area contributed by atoms with E-state index < -0.39 is 27.5 Å². The van der Waals surface area contributed by atoms with Gasteiger partial charge in [-0.05, 0) is 72.1 Å². The number of carbonyl (C=O) groups is 2. The minimum absolute atomic E-state index is 0.0616. The minimum Gasteiger partial charge on any atom is -0.350 e. The molecule has 2 rings (SSSR count). The third kappa shape index (κ3) is 5.79. The molecule has 1 aromatic rings. The van der Waals surface area contributed by atoms with Crippen LogP contribution in [-0.4, -0.2) is 48.7 Å². The number of hydrogen-bond donors (Lipinski definition) is 2. The second-order valence-corrected chi connectivity index (χ2v) is 10.8. The Balaban J connectivity index is 2.24. The van der Waals surface area contributed by atoms with Gasteiger partial charge in [0, 0.05) is 23.7 Å². The molecule has 2 amide bonds. The van der Waals surface area contributed by atoms with Gasteiger partial charge in [0.15, 0.2) is 0 Å². The highest BCUT2D eigenvalue weighted by atomic mass is 32.2. The molecule has 1 fully saturated rings. The second-order valence-electron chi connectivity index (χ2n) is 8.87. The van der Waals surface area contributed by atoms with Gasteiger partial charge in [-0.1, -0.05) is 12.5 Å². The number of nitrogens with one attached hydrogen (secondary N) is 2. The van der Waals surface area contributed by atoms with E-state index >= 15 is 0 Å². The Hall–Kier alpha value is -1.93. The van der Waals surface area contributed by atoms with Crippen LogP contribution in [0, 0.1) is 6.92 Å². The summed E-state index contributed by atoms with van der Waals surface area (Å²) in [5.41, 5.74) is 0.494. The number of sulfonamides is 1. The topological polar surface area (TPSA) is 95.6 Å². The number of carbonyl (C=O) groups excluding carboxylic acids is 2. The van der Waals surface area contributed by atoms with E-state index in [1.54, 1.807) is 26.0 Å². The molecule has 0 aliphatic carbocycles. The second kappa shape index (κ2) is 8.83. The maximum atomic E-state index is 13.1. The summed E-state index contributed by atoms with van der Waals surface area (Å²) in [5, 5.41) is 5.48. The molecule has 1 aliphatic heterocycles. The van der Waals surface area contributed by atoms with Gasteiger partial charge < -0.3 is 10.6 Å². The zero-order valence-electron chi connectivity index (χ0n) is 18.2. The Morgan fingerprint density at radius 2 is 1.86 bits per heavy atom. The van der Waals surface area contributed by atoms with Crippen LogP contribution in [0.5, 0.6) is 0 Å². The number of nitrogens with zero attached hydrogens (tertiary/aromatic N) is 1. The van der Waals surface area contributed by atoms with Crippen molar-refractivity contribution in [2.24, 2.45) is 0 Å². The molecule has 1 heterocycles. The minimum atomic E-state index is -3.68. The fourth-order valence-electron chi connectivity index (χ4n) is 3.39. The lowest BCUT2D eigenvalue weighted by Crippen LogP contribution is -2.50. The first kappa shape index (κ1) is 23.3. The molecule has 29 heavy (non-hydrogen) atoms. The van der Waals surface area contributed by atoms with Gasteiger partial charge in [-0.2, -0.15) is 4.31 Å². The molecular weight excluding hydrogens is 390 g/mol. The Morgan fingerprint density at radius 1 is 1.21 bits per heavy atom. The van der Waals surface area contributed by atoms with Gasteiger partial charge in [-0.3, -0.25) is 9.59 Å². The predicted molar refractivity (Wildman–Crippen MR) is 113 cm³/mol. The molecule has 0 aromatic heterocycles. The van der Waals surface area contributed by atoms with Crippen LogP contribution in [0.25, 0.3) is 0 Å². The molecule has 2 unspecified atom stereocenters. The third-order valence-electron chi connectivity index (χ3n) is 5.04. The summed E-state index contributed by atoms with van der Waals surface area (Å²) < 4.78 is 27.7. The van der Waals surface area contributed by atoms with Crippen molar-refractivity contribution in [2.45, 2.75) is 83.3 Å². The number of benzene rings is 1. The molecule has 1 aromatic carbocycles. The van der Waals surface area contributed by atoms with E-state index in [4.69, 9.17) is 0 Å². The Morgan fingerprint density at radius 3 is 2.45 bits per heavy atom. The number of aryl methyl sites for hydroxylation is 1. The first-order chi connectivity index (χ1) is 13.3. The van der Waals surface area contributed by atoms with Crippen molar-refractivity contribution in [3.63, 3.8) is 0 Å². The molecule has 7 nitrogen and oxygen atoms in total. The van der Waals surface area contributed by atoms with E-state index in [0.29, 0.717) is 12.1 Å². The predicted octanol–water partition coefficient (Wildman–Crippen LogP) is 2.59. The van der Waals surface area contributed by atoms with Gasteiger partial charge in [-0.15, -0.1) is 0 Å². The summed E-state index contributed by atoms with van der Waals surface area (Å²) in [6.45, 7) is 11.3. The average Bonchev–Trinajstić information content (AvgIpc) is 2.60.